The van der Waals surface area contributed by atoms with Gasteiger partial charge in [0.2, 0.25) is 5.88 Å². The van der Waals surface area contributed by atoms with Crippen molar-refractivity contribution in [3.05, 3.63) is 106 Å². The minimum atomic E-state index is -4.56. The van der Waals surface area contributed by atoms with E-state index >= 15 is 0 Å². The largest absolute Gasteiger partial charge is 0.476 e. The number of aromatic nitrogens is 3. The number of hydrogen-bond acceptors (Lipinski definition) is 13. The molecule has 336 valence electrons. The molecule has 9 rings (SSSR count). The quantitative estimate of drug-likeness (QED) is 0.0825. The molecule has 3 aromatic heterocycles. The fraction of sp³-hybridized carbons (Fsp3) is 0.426. The lowest BCUT2D eigenvalue weighted by molar-refractivity contribution is -0.384. The standard InChI is InChI=1S/C47H55N9O7S/c1-47(2)14-10-35(39(28-47)34-5-3-15-48-30-34)31-53-18-20-54(21-19-53)36-6-8-38(41(26-36)55-17-4-22-63-46-43(55)25-33-11-16-49-44(33)51-46)45(57)52-64(60,61)37-7-9-40(42(27-37)56(58)59)50-29-32-12-23-62-24-13-32/h3,5-9,11,15-16,25-27,30,32,50H,4,10,12-14,17-24,28-29,31H2,1-2H3,(H,49,51)(H,52,57). The number of nitrogens with one attached hydrogen (secondary N) is 3. The van der Waals surface area contributed by atoms with Gasteiger partial charge in [0, 0.05) is 94.8 Å². The number of fused-ring (bicyclic) bond motifs is 2. The zero-order valence-corrected chi connectivity index (χ0v) is 37.2. The Morgan fingerprint density at radius 1 is 1.00 bits per heavy atom. The second-order valence-corrected chi connectivity index (χ2v) is 19.7. The van der Waals surface area contributed by atoms with Crippen LogP contribution < -0.4 is 24.6 Å². The van der Waals surface area contributed by atoms with Crippen LogP contribution in [0.1, 0.15) is 68.3 Å². The molecule has 17 heteroatoms. The first-order valence-electron chi connectivity index (χ1n) is 22.2. The summed E-state index contributed by atoms with van der Waals surface area (Å²) >= 11 is 0. The van der Waals surface area contributed by atoms with Crippen LogP contribution in [0.15, 0.2) is 89.7 Å². The van der Waals surface area contributed by atoms with E-state index in [9.17, 15) is 23.3 Å². The molecule has 0 radical (unpaired) electrons. The molecule has 0 spiro atoms. The smallest absolute Gasteiger partial charge is 0.293 e. The number of ether oxygens (including phenoxy) is 2. The maximum atomic E-state index is 14.4. The number of carbonyl (C=O) groups excluding carboxylic acids is 1. The number of hydrogen-bond donors (Lipinski definition) is 3. The molecule has 64 heavy (non-hydrogen) atoms. The van der Waals surface area contributed by atoms with Crippen LogP contribution in [0.3, 0.4) is 0 Å². The van der Waals surface area contributed by atoms with Gasteiger partial charge in [-0.1, -0.05) is 25.5 Å². The van der Waals surface area contributed by atoms with Crippen molar-refractivity contribution in [3.63, 3.8) is 0 Å². The van der Waals surface area contributed by atoms with Gasteiger partial charge in [0.05, 0.1) is 27.7 Å². The van der Waals surface area contributed by atoms with Crippen molar-refractivity contribution in [2.24, 2.45) is 11.3 Å². The third kappa shape index (κ3) is 9.42. The number of benzene rings is 2. The maximum Gasteiger partial charge on any atom is 0.293 e. The van der Waals surface area contributed by atoms with Gasteiger partial charge in [-0.3, -0.25) is 24.8 Å². The molecular formula is C47H55N9O7S. The maximum absolute atomic E-state index is 14.4. The van der Waals surface area contributed by atoms with E-state index < -0.39 is 31.4 Å². The highest BCUT2D eigenvalue weighted by Gasteiger charge is 2.32. The summed E-state index contributed by atoms with van der Waals surface area (Å²) in [5.41, 5.74) is 6.95. The predicted molar refractivity (Wildman–Crippen MR) is 247 cm³/mol. The van der Waals surface area contributed by atoms with Crippen LogP contribution in [0.4, 0.5) is 28.4 Å². The van der Waals surface area contributed by atoms with E-state index in [-0.39, 0.29) is 22.6 Å². The molecular weight excluding hydrogens is 835 g/mol. The summed E-state index contributed by atoms with van der Waals surface area (Å²) in [7, 11) is -4.56. The van der Waals surface area contributed by atoms with Gasteiger partial charge in [-0.15, -0.1) is 0 Å². The Morgan fingerprint density at radius 2 is 1.83 bits per heavy atom. The van der Waals surface area contributed by atoms with Crippen LogP contribution in [-0.4, -0.2) is 105 Å². The highest BCUT2D eigenvalue weighted by atomic mass is 32.2. The average Bonchev–Trinajstić information content (AvgIpc) is 3.66. The molecule has 0 saturated carbocycles. The molecule has 16 nitrogen and oxygen atoms in total. The fourth-order valence-electron chi connectivity index (χ4n) is 9.36. The van der Waals surface area contributed by atoms with E-state index in [1.807, 2.05) is 47.6 Å². The van der Waals surface area contributed by atoms with Gasteiger partial charge in [-0.05, 0) is 110 Å². The Balaban J connectivity index is 0.988. The number of anilines is 4. The van der Waals surface area contributed by atoms with Gasteiger partial charge in [-0.2, -0.15) is 4.98 Å². The van der Waals surface area contributed by atoms with Gasteiger partial charge in [0.25, 0.3) is 21.6 Å². The van der Waals surface area contributed by atoms with E-state index in [0.29, 0.717) is 62.2 Å². The highest BCUT2D eigenvalue weighted by Crippen LogP contribution is 2.44. The monoisotopic (exact) mass is 889 g/mol. The predicted octanol–water partition coefficient (Wildman–Crippen LogP) is 7.53. The van der Waals surface area contributed by atoms with Crippen LogP contribution in [0, 0.1) is 21.4 Å². The SMILES string of the molecule is CC1(C)CCC(CN2CCN(c3ccc(C(=O)NS(=O)(=O)c4ccc(NCC5CCOCC5)c([N+](=O)[O-])c4)c(N4CCCOc5nc6[nH]ccc6cc54)c3)CC2)=C(c2cccnc2)C1. The van der Waals surface area contributed by atoms with E-state index in [1.54, 1.807) is 12.3 Å². The number of amides is 1. The Hall–Kier alpha value is -6.04. The zero-order valence-electron chi connectivity index (χ0n) is 36.3. The van der Waals surface area contributed by atoms with E-state index in [0.717, 1.165) is 82.0 Å². The Bertz CT molecular complexity index is 2670. The molecule has 5 aromatic rings. The lowest BCUT2D eigenvalue weighted by Gasteiger charge is -2.39. The number of H-pyrrole nitrogens is 1. The number of aromatic amines is 1. The highest BCUT2D eigenvalue weighted by molar-refractivity contribution is 7.90. The third-order valence-corrected chi connectivity index (χ3v) is 14.4. The minimum Gasteiger partial charge on any atom is -0.476 e. The van der Waals surface area contributed by atoms with Crippen molar-refractivity contribution in [1.82, 2.24) is 24.6 Å². The van der Waals surface area contributed by atoms with Crippen molar-refractivity contribution in [3.8, 4) is 5.88 Å². The lowest BCUT2D eigenvalue weighted by atomic mass is 9.72. The lowest BCUT2D eigenvalue weighted by Crippen LogP contribution is -2.47. The zero-order chi connectivity index (χ0) is 44.4. The molecule has 4 aliphatic rings. The molecule has 1 aliphatic carbocycles. The first-order chi connectivity index (χ1) is 30.9. The number of piperazine rings is 1. The van der Waals surface area contributed by atoms with Crippen LogP contribution in [0.25, 0.3) is 16.6 Å². The van der Waals surface area contributed by atoms with Crippen LogP contribution in [-0.2, 0) is 14.8 Å². The summed E-state index contributed by atoms with van der Waals surface area (Å²) in [6, 6.07) is 17.2. The van der Waals surface area contributed by atoms with Crippen molar-refractivity contribution in [2.45, 2.75) is 57.3 Å². The summed E-state index contributed by atoms with van der Waals surface area (Å²) in [6.45, 7) is 11.4. The van der Waals surface area contributed by atoms with Gasteiger partial charge in [-0.25, -0.2) is 13.1 Å². The van der Waals surface area contributed by atoms with Gasteiger partial charge >= 0.3 is 0 Å². The van der Waals surface area contributed by atoms with E-state index in [1.165, 1.54) is 28.8 Å². The Kier molecular flexibility index (Phi) is 12.3. The van der Waals surface area contributed by atoms with E-state index in [4.69, 9.17) is 14.5 Å². The molecule has 2 aromatic carbocycles. The van der Waals surface area contributed by atoms with E-state index in [2.05, 4.69) is 49.7 Å². The Morgan fingerprint density at radius 3 is 2.61 bits per heavy atom. The first-order valence-corrected chi connectivity index (χ1v) is 23.7. The second kappa shape index (κ2) is 18.2. The fourth-order valence-corrected chi connectivity index (χ4v) is 10.3. The van der Waals surface area contributed by atoms with Crippen LogP contribution in [0.5, 0.6) is 5.88 Å². The summed E-state index contributed by atoms with van der Waals surface area (Å²) < 4.78 is 41.6. The molecule has 3 N–H and O–H groups in total. The average molecular weight is 890 g/mol. The molecule has 2 fully saturated rings. The normalized spacial score (nSPS) is 18.6. The summed E-state index contributed by atoms with van der Waals surface area (Å²) in [4.78, 5) is 44.7. The number of rotatable bonds is 12. The molecule has 0 bridgehead atoms. The number of allylic oxidation sites excluding steroid dienone is 1. The van der Waals surface area contributed by atoms with Crippen molar-refractivity contribution in [1.29, 1.82) is 0 Å². The molecule has 2 saturated heterocycles. The Labute approximate surface area is 373 Å². The molecule has 0 atom stereocenters. The molecule has 1 amide bonds. The number of pyridine rings is 2. The summed E-state index contributed by atoms with van der Waals surface area (Å²) in [6.07, 6.45) is 11.1. The van der Waals surface area contributed by atoms with Crippen LogP contribution >= 0.6 is 0 Å². The molecule has 3 aliphatic heterocycles. The van der Waals surface area contributed by atoms with Gasteiger partial charge < -0.3 is 29.6 Å². The first kappa shape index (κ1) is 43.2. The van der Waals surface area contributed by atoms with Crippen molar-refractivity contribution >= 4 is 61.0 Å². The van der Waals surface area contributed by atoms with Gasteiger partial charge in [0.15, 0.2) is 0 Å². The second-order valence-electron chi connectivity index (χ2n) is 18.0. The topological polar surface area (TPSA) is 188 Å². The van der Waals surface area contributed by atoms with Gasteiger partial charge in [0.1, 0.15) is 17.0 Å². The number of nitro benzene ring substituents is 1. The molecule has 6 heterocycles. The number of sulfonamides is 1. The van der Waals surface area contributed by atoms with Crippen LogP contribution in [0.2, 0.25) is 0 Å². The molecule has 0 unspecified atom stereocenters. The number of nitro groups is 1. The summed E-state index contributed by atoms with van der Waals surface area (Å²) in [5.74, 6) is -0.196. The summed E-state index contributed by atoms with van der Waals surface area (Å²) in [5, 5.41) is 16.2. The third-order valence-electron chi connectivity index (χ3n) is 13.0. The van der Waals surface area contributed by atoms with Crippen molar-refractivity contribution < 1.29 is 27.6 Å². The van der Waals surface area contributed by atoms with Crippen molar-refractivity contribution in [2.75, 3.05) is 80.8 Å². The minimum absolute atomic E-state index is 0.118. The number of nitrogens with zero attached hydrogens (tertiary/aromatic N) is 6. The number of carbonyl (C=O) groups is 1.